The van der Waals surface area contributed by atoms with Crippen LogP contribution in [0.1, 0.15) is 24.0 Å². The van der Waals surface area contributed by atoms with Gasteiger partial charge in [-0.25, -0.2) is 9.67 Å². The van der Waals surface area contributed by atoms with Gasteiger partial charge in [0.1, 0.15) is 0 Å². The van der Waals surface area contributed by atoms with Crippen molar-refractivity contribution in [3.05, 3.63) is 29.2 Å². The molecule has 0 aliphatic heterocycles. The molecule has 0 unspecified atom stereocenters. The van der Waals surface area contributed by atoms with Gasteiger partial charge in [-0.2, -0.15) is 10.1 Å². The molecule has 2 aromatic heterocycles. The summed E-state index contributed by atoms with van der Waals surface area (Å²) in [6.45, 7) is 8.78. The predicted octanol–water partition coefficient (Wildman–Crippen LogP) is 2.02. The number of nitrogens with one attached hydrogen (secondary N) is 1. The zero-order valence-corrected chi connectivity index (χ0v) is 10.7. The van der Waals surface area contributed by atoms with E-state index in [4.69, 9.17) is 0 Å². The van der Waals surface area contributed by atoms with Gasteiger partial charge in [-0.05, 0) is 33.8 Å². The molecule has 0 bridgehead atoms. The van der Waals surface area contributed by atoms with Crippen LogP contribution in [0.15, 0.2) is 12.1 Å². The Morgan fingerprint density at radius 2 is 1.88 bits per heavy atom. The average molecular weight is 231 g/mol. The van der Waals surface area contributed by atoms with Crippen LogP contribution in [0.5, 0.6) is 0 Å². The van der Waals surface area contributed by atoms with E-state index in [9.17, 15) is 0 Å². The lowest BCUT2D eigenvalue weighted by atomic mass is 10.4. The highest BCUT2D eigenvalue weighted by atomic mass is 15.3. The van der Waals surface area contributed by atoms with Crippen molar-refractivity contribution in [2.45, 2.75) is 27.7 Å². The van der Waals surface area contributed by atoms with Crippen LogP contribution < -0.4 is 5.32 Å². The summed E-state index contributed by atoms with van der Waals surface area (Å²) in [5.41, 5.74) is 2.99. The molecule has 0 saturated heterocycles. The van der Waals surface area contributed by atoms with Gasteiger partial charge in [0, 0.05) is 24.0 Å². The number of aromatic nitrogens is 4. The van der Waals surface area contributed by atoms with E-state index < -0.39 is 0 Å². The summed E-state index contributed by atoms with van der Waals surface area (Å²) in [7, 11) is 0. The first-order chi connectivity index (χ1) is 8.10. The fraction of sp³-hybridized carbons (Fsp3) is 0.417. The largest absolute Gasteiger partial charge is 0.354 e. The molecule has 2 aromatic rings. The molecule has 0 spiro atoms. The Balaban J connectivity index is 2.48. The summed E-state index contributed by atoms with van der Waals surface area (Å²) in [5.74, 6) is 1.45. The summed E-state index contributed by atoms with van der Waals surface area (Å²) in [5, 5.41) is 7.54. The highest BCUT2D eigenvalue weighted by Gasteiger charge is 2.07. The van der Waals surface area contributed by atoms with Crippen LogP contribution >= 0.6 is 0 Å². The van der Waals surface area contributed by atoms with Gasteiger partial charge >= 0.3 is 0 Å². The standard InChI is InChI=1S/C12H17N5/c1-5-13-12-14-8(2)7-11(15-12)17-10(4)6-9(3)16-17/h6-7H,5H2,1-4H3,(H,13,14,15). The first kappa shape index (κ1) is 11.6. The molecular formula is C12H17N5. The van der Waals surface area contributed by atoms with E-state index in [0.717, 1.165) is 29.4 Å². The lowest BCUT2D eigenvalue weighted by Crippen LogP contribution is -2.08. The van der Waals surface area contributed by atoms with Crippen LogP contribution in [0.25, 0.3) is 5.82 Å². The maximum atomic E-state index is 4.45. The summed E-state index contributed by atoms with van der Waals surface area (Å²) >= 11 is 0. The molecule has 0 aliphatic carbocycles. The third-order valence-corrected chi connectivity index (χ3v) is 2.40. The van der Waals surface area contributed by atoms with E-state index in [1.165, 1.54) is 0 Å². The van der Waals surface area contributed by atoms with E-state index in [0.29, 0.717) is 5.95 Å². The summed E-state index contributed by atoms with van der Waals surface area (Å²) in [6.07, 6.45) is 0. The number of aryl methyl sites for hydroxylation is 3. The Labute approximate surface area is 101 Å². The van der Waals surface area contributed by atoms with Crippen molar-refractivity contribution in [3.63, 3.8) is 0 Å². The van der Waals surface area contributed by atoms with Crippen molar-refractivity contribution in [1.29, 1.82) is 0 Å². The van der Waals surface area contributed by atoms with Gasteiger partial charge < -0.3 is 5.32 Å². The Morgan fingerprint density at radius 1 is 1.12 bits per heavy atom. The van der Waals surface area contributed by atoms with E-state index in [1.54, 1.807) is 0 Å². The van der Waals surface area contributed by atoms with Gasteiger partial charge in [-0.15, -0.1) is 0 Å². The van der Waals surface area contributed by atoms with Crippen LogP contribution in [0.2, 0.25) is 0 Å². The molecule has 0 aliphatic rings. The number of nitrogens with zero attached hydrogens (tertiary/aromatic N) is 4. The van der Waals surface area contributed by atoms with E-state index >= 15 is 0 Å². The summed E-state index contributed by atoms with van der Waals surface area (Å²) < 4.78 is 1.84. The number of rotatable bonds is 3. The quantitative estimate of drug-likeness (QED) is 0.878. The SMILES string of the molecule is CCNc1nc(C)cc(-n2nc(C)cc2C)n1. The zero-order valence-electron chi connectivity index (χ0n) is 10.7. The van der Waals surface area contributed by atoms with Crippen molar-refractivity contribution in [2.75, 3.05) is 11.9 Å². The van der Waals surface area contributed by atoms with Crippen molar-refractivity contribution in [2.24, 2.45) is 0 Å². The minimum atomic E-state index is 0.648. The summed E-state index contributed by atoms with van der Waals surface area (Å²) in [6, 6.07) is 3.96. The van der Waals surface area contributed by atoms with E-state index in [-0.39, 0.29) is 0 Å². The predicted molar refractivity (Wildman–Crippen MR) is 67.5 cm³/mol. The molecule has 0 radical (unpaired) electrons. The second-order valence-corrected chi connectivity index (χ2v) is 4.06. The van der Waals surface area contributed by atoms with Gasteiger partial charge in [0.05, 0.1) is 5.69 Å². The topological polar surface area (TPSA) is 55.6 Å². The lowest BCUT2D eigenvalue weighted by molar-refractivity contribution is 0.798. The molecule has 0 aromatic carbocycles. The van der Waals surface area contributed by atoms with Crippen LogP contribution in [-0.4, -0.2) is 26.3 Å². The number of hydrogen-bond donors (Lipinski definition) is 1. The maximum absolute atomic E-state index is 4.45. The summed E-state index contributed by atoms with van der Waals surface area (Å²) in [4.78, 5) is 8.77. The second-order valence-electron chi connectivity index (χ2n) is 4.06. The fourth-order valence-electron chi connectivity index (χ4n) is 1.76. The smallest absolute Gasteiger partial charge is 0.224 e. The monoisotopic (exact) mass is 231 g/mol. The Bertz CT molecular complexity index is 530. The molecule has 5 nitrogen and oxygen atoms in total. The van der Waals surface area contributed by atoms with Gasteiger partial charge in [0.2, 0.25) is 5.95 Å². The van der Waals surface area contributed by atoms with Crippen molar-refractivity contribution < 1.29 is 0 Å². The lowest BCUT2D eigenvalue weighted by Gasteiger charge is -2.07. The van der Waals surface area contributed by atoms with Gasteiger partial charge in [-0.1, -0.05) is 0 Å². The fourth-order valence-corrected chi connectivity index (χ4v) is 1.76. The maximum Gasteiger partial charge on any atom is 0.224 e. The third-order valence-electron chi connectivity index (χ3n) is 2.40. The number of anilines is 1. The highest BCUT2D eigenvalue weighted by Crippen LogP contribution is 2.12. The van der Waals surface area contributed by atoms with Crippen LogP contribution in [-0.2, 0) is 0 Å². The molecular weight excluding hydrogens is 214 g/mol. The van der Waals surface area contributed by atoms with Crippen molar-refractivity contribution >= 4 is 5.95 Å². The molecule has 0 amide bonds. The van der Waals surface area contributed by atoms with Crippen LogP contribution in [0.4, 0.5) is 5.95 Å². The molecule has 0 fully saturated rings. The van der Waals surface area contributed by atoms with E-state index in [1.807, 2.05) is 44.5 Å². The normalized spacial score (nSPS) is 10.6. The first-order valence-electron chi connectivity index (χ1n) is 5.73. The van der Waals surface area contributed by atoms with Crippen molar-refractivity contribution in [3.8, 4) is 5.82 Å². The number of hydrogen-bond acceptors (Lipinski definition) is 4. The molecule has 90 valence electrons. The third kappa shape index (κ3) is 2.43. The molecule has 1 N–H and O–H groups in total. The molecule has 0 saturated carbocycles. The van der Waals surface area contributed by atoms with E-state index in [2.05, 4.69) is 20.4 Å². The Kier molecular flexibility index (Phi) is 3.08. The molecule has 17 heavy (non-hydrogen) atoms. The first-order valence-corrected chi connectivity index (χ1v) is 5.73. The average Bonchev–Trinajstić information content (AvgIpc) is 2.57. The molecule has 2 rings (SSSR count). The highest BCUT2D eigenvalue weighted by molar-refractivity contribution is 5.35. The van der Waals surface area contributed by atoms with Gasteiger partial charge in [-0.3, -0.25) is 0 Å². The van der Waals surface area contributed by atoms with Gasteiger partial charge in [0.15, 0.2) is 5.82 Å². The second kappa shape index (κ2) is 4.53. The zero-order chi connectivity index (χ0) is 12.4. The van der Waals surface area contributed by atoms with Crippen LogP contribution in [0, 0.1) is 20.8 Å². The minimum absolute atomic E-state index is 0.648. The minimum Gasteiger partial charge on any atom is -0.354 e. The Hall–Kier alpha value is -1.91. The van der Waals surface area contributed by atoms with Gasteiger partial charge in [0.25, 0.3) is 0 Å². The van der Waals surface area contributed by atoms with Crippen molar-refractivity contribution in [1.82, 2.24) is 19.7 Å². The van der Waals surface area contributed by atoms with Crippen LogP contribution in [0.3, 0.4) is 0 Å². The molecule has 0 atom stereocenters. The molecule has 5 heteroatoms. The molecule has 2 heterocycles. The Morgan fingerprint density at radius 3 is 2.47 bits per heavy atom.